The van der Waals surface area contributed by atoms with E-state index >= 15 is 0 Å². The first-order chi connectivity index (χ1) is 7.78. The van der Waals surface area contributed by atoms with E-state index in [-0.39, 0.29) is 12.2 Å². The van der Waals surface area contributed by atoms with Crippen molar-refractivity contribution in [1.82, 2.24) is 4.90 Å². The fraction of sp³-hybridized carbons (Fsp3) is 0.923. The molecule has 1 unspecified atom stereocenters. The largest absolute Gasteiger partial charge is 0.444 e. The fourth-order valence-corrected chi connectivity index (χ4v) is 1.54. The second kappa shape index (κ2) is 5.71. The van der Waals surface area contributed by atoms with Crippen LogP contribution in [-0.2, 0) is 4.74 Å². The molecule has 1 aliphatic rings. The predicted molar refractivity (Wildman–Crippen MR) is 66.8 cm³/mol. The molecule has 1 atom stereocenters. The maximum Gasteiger partial charge on any atom is 0.410 e. The molecule has 0 heterocycles. The van der Waals surface area contributed by atoms with Gasteiger partial charge in [0.2, 0.25) is 0 Å². The fourth-order valence-electron chi connectivity index (χ4n) is 1.54. The molecule has 0 aromatic heterocycles. The highest BCUT2D eigenvalue weighted by Gasteiger charge is 2.29. The van der Waals surface area contributed by atoms with E-state index in [1.165, 1.54) is 12.8 Å². The first-order valence-corrected chi connectivity index (χ1v) is 6.44. The molecule has 4 heteroatoms. The highest BCUT2D eigenvalue weighted by atomic mass is 16.6. The van der Waals surface area contributed by atoms with Crippen LogP contribution in [0.25, 0.3) is 0 Å². The van der Waals surface area contributed by atoms with Gasteiger partial charge in [0.1, 0.15) is 5.60 Å². The molecule has 17 heavy (non-hydrogen) atoms. The highest BCUT2D eigenvalue weighted by molar-refractivity contribution is 5.68. The van der Waals surface area contributed by atoms with Crippen molar-refractivity contribution in [3.05, 3.63) is 0 Å². The molecule has 1 amide bonds. The lowest BCUT2D eigenvalue weighted by Gasteiger charge is -2.27. The van der Waals surface area contributed by atoms with Gasteiger partial charge in [-0.05, 0) is 52.9 Å². The van der Waals surface area contributed by atoms with E-state index in [9.17, 15) is 9.90 Å². The molecule has 0 aromatic carbocycles. The van der Waals surface area contributed by atoms with Crippen molar-refractivity contribution in [1.29, 1.82) is 0 Å². The van der Waals surface area contributed by atoms with Gasteiger partial charge in [0.05, 0.1) is 6.10 Å². The predicted octanol–water partition coefficient (Wildman–Crippen LogP) is 2.40. The van der Waals surface area contributed by atoms with Crippen LogP contribution in [0.15, 0.2) is 0 Å². The summed E-state index contributed by atoms with van der Waals surface area (Å²) in [7, 11) is 0. The van der Waals surface area contributed by atoms with Crippen LogP contribution in [0.3, 0.4) is 0 Å². The lowest BCUT2D eigenvalue weighted by Crippen LogP contribution is -2.39. The molecular formula is C13H25NO3. The summed E-state index contributed by atoms with van der Waals surface area (Å²) in [5, 5.41) is 9.29. The Balaban J connectivity index is 2.45. The van der Waals surface area contributed by atoms with E-state index in [1.54, 1.807) is 11.8 Å². The average Bonchev–Trinajstić information content (AvgIpc) is 2.92. The minimum Gasteiger partial charge on any atom is -0.444 e. The maximum atomic E-state index is 12.0. The third-order valence-corrected chi connectivity index (χ3v) is 2.64. The molecule has 4 nitrogen and oxygen atoms in total. The van der Waals surface area contributed by atoms with Gasteiger partial charge in [-0.3, -0.25) is 0 Å². The second-order valence-corrected chi connectivity index (χ2v) is 6.01. The van der Waals surface area contributed by atoms with Crippen LogP contribution >= 0.6 is 0 Å². The van der Waals surface area contributed by atoms with E-state index in [2.05, 4.69) is 0 Å². The van der Waals surface area contributed by atoms with E-state index in [0.29, 0.717) is 18.9 Å². The van der Waals surface area contributed by atoms with Gasteiger partial charge in [-0.2, -0.15) is 0 Å². The number of carbonyl (C=O) groups excluding carboxylic acids is 1. The van der Waals surface area contributed by atoms with Crippen LogP contribution in [-0.4, -0.2) is 40.9 Å². The number of nitrogens with zero attached hydrogens (tertiary/aromatic N) is 1. The van der Waals surface area contributed by atoms with Crippen LogP contribution in [0.1, 0.15) is 47.0 Å². The molecule has 1 N–H and O–H groups in total. The highest BCUT2D eigenvalue weighted by Crippen LogP contribution is 2.30. The molecular weight excluding hydrogens is 218 g/mol. The van der Waals surface area contributed by atoms with E-state index in [4.69, 9.17) is 4.74 Å². The Hall–Kier alpha value is -0.770. The molecule has 1 saturated carbocycles. The summed E-state index contributed by atoms with van der Waals surface area (Å²) in [6, 6.07) is 0. The summed E-state index contributed by atoms with van der Waals surface area (Å²) in [5.74, 6) is 0.636. The van der Waals surface area contributed by atoms with E-state index in [1.807, 2.05) is 20.8 Å². The molecule has 1 rings (SSSR count). The second-order valence-electron chi connectivity index (χ2n) is 6.01. The Bertz CT molecular complexity index is 254. The van der Waals surface area contributed by atoms with Crippen LogP contribution in [0, 0.1) is 5.92 Å². The first kappa shape index (κ1) is 14.3. The lowest BCUT2D eigenvalue weighted by molar-refractivity contribution is 0.0217. The number of carbonyl (C=O) groups is 1. The molecule has 0 radical (unpaired) electrons. The minimum atomic E-state index is -0.455. The summed E-state index contributed by atoms with van der Waals surface area (Å²) in [6.45, 7) is 8.69. The van der Waals surface area contributed by atoms with Crippen LogP contribution in [0.5, 0.6) is 0 Å². The van der Waals surface area contributed by atoms with Gasteiger partial charge in [-0.25, -0.2) is 4.79 Å². The average molecular weight is 243 g/mol. The van der Waals surface area contributed by atoms with Crippen LogP contribution in [0.2, 0.25) is 0 Å². The third kappa shape index (κ3) is 6.51. The normalized spacial score (nSPS) is 17.7. The number of rotatable bonds is 5. The number of hydrogen-bond donors (Lipinski definition) is 1. The van der Waals surface area contributed by atoms with E-state index in [0.717, 1.165) is 6.54 Å². The molecule has 0 aromatic rings. The van der Waals surface area contributed by atoms with Crippen molar-refractivity contribution in [2.75, 3.05) is 13.1 Å². The van der Waals surface area contributed by atoms with Crippen molar-refractivity contribution in [3.8, 4) is 0 Å². The van der Waals surface area contributed by atoms with Crippen molar-refractivity contribution < 1.29 is 14.6 Å². The third-order valence-electron chi connectivity index (χ3n) is 2.64. The molecule has 0 spiro atoms. The summed E-state index contributed by atoms with van der Waals surface area (Å²) in [5.41, 5.74) is -0.455. The minimum absolute atomic E-state index is 0.259. The SMILES string of the molecule is CC(O)CCN(CC1CC1)C(=O)OC(C)(C)C. The zero-order chi connectivity index (χ0) is 13.1. The van der Waals surface area contributed by atoms with Gasteiger partial charge < -0.3 is 14.7 Å². The number of aliphatic hydroxyl groups is 1. The topological polar surface area (TPSA) is 49.8 Å². The van der Waals surface area contributed by atoms with Gasteiger partial charge in [0, 0.05) is 13.1 Å². The van der Waals surface area contributed by atoms with Gasteiger partial charge >= 0.3 is 6.09 Å². The van der Waals surface area contributed by atoms with Gasteiger partial charge in [-0.1, -0.05) is 0 Å². The van der Waals surface area contributed by atoms with Gasteiger partial charge in [-0.15, -0.1) is 0 Å². The number of aliphatic hydroxyl groups excluding tert-OH is 1. The standard InChI is InChI=1S/C13H25NO3/c1-10(15)7-8-14(9-11-5-6-11)12(16)17-13(2,3)4/h10-11,15H,5-9H2,1-4H3. The Kier molecular flexibility index (Phi) is 4.80. The van der Waals surface area contributed by atoms with Crippen LogP contribution < -0.4 is 0 Å². The summed E-state index contributed by atoms with van der Waals surface area (Å²) < 4.78 is 5.37. The monoisotopic (exact) mass is 243 g/mol. The Labute approximate surface area is 104 Å². The number of ether oxygens (including phenoxy) is 1. The maximum absolute atomic E-state index is 12.0. The van der Waals surface area contributed by atoms with Crippen molar-refractivity contribution in [2.45, 2.75) is 58.7 Å². The molecule has 0 bridgehead atoms. The Morgan fingerprint density at radius 2 is 2.06 bits per heavy atom. The summed E-state index contributed by atoms with van der Waals surface area (Å²) >= 11 is 0. The van der Waals surface area contributed by atoms with Gasteiger partial charge in [0.15, 0.2) is 0 Å². The van der Waals surface area contributed by atoms with Crippen LogP contribution in [0.4, 0.5) is 4.79 Å². The Morgan fingerprint density at radius 3 is 2.47 bits per heavy atom. The van der Waals surface area contributed by atoms with Crippen molar-refractivity contribution >= 4 is 6.09 Å². The molecule has 0 saturated heterocycles. The first-order valence-electron chi connectivity index (χ1n) is 6.44. The quantitative estimate of drug-likeness (QED) is 0.806. The zero-order valence-corrected chi connectivity index (χ0v) is 11.4. The lowest BCUT2D eigenvalue weighted by atomic mass is 10.2. The summed E-state index contributed by atoms with van der Waals surface area (Å²) in [4.78, 5) is 13.7. The Morgan fingerprint density at radius 1 is 1.47 bits per heavy atom. The molecule has 100 valence electrons. The molecule has 0 aliphatic heterocycles. The van der Waals surface area contributed by atoms with Crippen molar-refractivity contribution in [3.63, 3.8) is 0 Å². The molecule has 1 aliphatic carbocycles. The van der Waals surface area contributed by atoms with Gasteiger partial charge in [0.25, 0.3) is 0 Å². The summed E-state index contributed by atoms with van der Waals surface area (Å²) in [6.07, 6.45) is 2.37. The number of hydrogen-bond acceptors (Lipinski definition) is 3. The molecule has 1 fully saturated rings. The van der Waals surface area contributed by atoms with E-state index < -0.39 is 5.60 Å². The zero-order valence-electron chi connectivity index (χ0n) is 11.4. The van der Waals surface area contributed by atoms with Crippen molar-refractivity contribution in [2.24, 2.45) is 5.92 Å². The number of amides is 1. The smallest absolute Gasteiger partial charge is 0.410 e.